The van der Waals surface area contributed by atoms with E-state index in [0.29, 0.717) is 11.5 Å². The van der Waals surface area contributed by atoms with Crippen LogP contribution in [0.4, 0.5) is 11.4 Å². The minimum absolute atomic E-state index is 0.662. The molecule has 0 heterocycles. The van der Waals surface area contributed by atoms with Crippen LogP contribution in [0.2, 0.25) is 0 Å². The van der Waals surface area contributed by atoms with E-state index in [2.05, 4.69) is 43.0 Å². The van der Waals surface area contributed by atoms with Crippen LogP contribution in [0.1, 0.15) is 30.6 Å². The molecular formula is C18H21NO. The van der Waals surface area contributed by atoms with Crippen molar-refractivity contribution in [3.8, 4) is 0 Å². The summed E-state index contributed by atoms with van der Waals surface area (Å²) in [5.74, 6) is 0.662. The van der Waals surface area contributed by atoms with E-state index in [-0.39, 0.29) is 0 Å². The number of carbonyl (C=O) groups excluding carboxylic acids is 1. The lowest BCUT2D eigenvalue weighted by Gasteiger charge is -2.26. The molecule has 2 aromatic rings. The van der Waals surface area contributed by atoms with E-state index < -0.39 is 0 Å². The van der Waals surface area contributed by atoms with E-state index in [9.17, 15) is 4.79 Å². The fourth-order valence-electron chi connectivity index (χ4n) is 2.14. The Morgan fingerprint density at radius 1 is 0.950 bits per heavy atom. The first-order valence-electron chi connectivity index (χ1n) is 7.08. The zero-order chi connectivity index (χ0) is 14.4. The zero-order valence-electron chi connectivity index (χ0n) is 12.1. The number of para-hydroxylation sites is 1. The topological polar surface area (TPSA) is 20.3 Å². The second-order valence-electron chi connectivity index (χ2n) is 5.38. The van der Waals surface area contributed by atoms with Crippen LogP contribution < -0.4 is 4.90 Å². The second-order valence-corrected chi connectivity index (χ2v) is 5.38. The van der Waals surface area contributed by atoms with Crippen molar-refractivity contribution >= 4 is 17.7 Å². The van der Waals surface area contributed by atoms with Gasteiger partial charge in [0.2, 0.25) is 0 Å². The standard InChI is InChI=1S/C18H21NO/c1-15(2)12-13-19(17-6-4-3-5-7-17)18-10-8-16(14-20)9-11-18/h3-11,14-15H,12-13H2,1-2H3. The van der Waals surface area contributed by atoms with E-state index in [4.69, 9.17) is 0 Å². The molecule has 2 rings (SSSR count). The molecule has 0 saturated carbocycles. The van der Waals surface area contributed by atoms with Gasteiger partial charge in [0.05, 0.1) is 0 Å². The summed E-state index contributed by atoms with van der Waals surface area (Å²) in [7, 11) is 0. The lowest BCUT2D eigenvalue weighted by Crippen LogP contribution is -2.19. The van der Waals surface area contributed by atoms with Crippen LogP contribution in [0.3, 0.4) is 0 Å². The van der Waals surface area contributed by atoms with Gasteiger partial charge in [-0.3, -0.25) is 4.79 Å². The van der Waals surface area contributed by atoms with Gasteiger partial charge in [0.15, 0.2) is 0 Å². The maximum Gasteiger partial charge on any atom is 0.150 e. The summed E-state index contributed by atoms with van der Waals surface area (Å²) in [5, 5.41) is 0. The quantitative estimate of drug-likeness (QED) is 0.708. The van der Waals surface area contributed by atoms with Gasteiger partial charge in [-0.05, 0) is 48.7 Å². The lowest BCUT2D eigenvalue weighted by molar-refractivity contribution is 0.112. The number of rotatable bonds is 6. The van der Waals surface area contributed by atoms with Crippen molar-refractivity contribution in [2.45, 2.75) is 20.3 Å². The normalized spacial score (nSPS) is 10.6. The fraction of sp³-hybridized carbons (Fsp3) is 0.278. The van der Waals surface area contributed by atoms with Crippen LogP contribution in [0, 0.1) is 5.92 Å². The lowest BCUT2D eigenvalue weighted by atomic mass is 10.1. The molecule has 0 saturated heterocycles. The summed E-state index contributed by atoms with van der Waals surface area (Å²) in [6.45, 7) is 5.44. The van der Waals surface area contributed by atoms with Crippen molar-refractivity contribution in [1.29, 1.82) is 0 Å². The fourth-order valence-corrected chi connectivity index (χ4v) is 2.14. The molecule has 0 bridgehead atoms. The summed E-state index contributed by atoms with van der Waals surface area (Å²) in [6, 6.07) is 18.1. The highest BCUT2D eigenvalue weighted by atomic mass is 16.1. The Hall–Kier alpha value is -2.09. The minimum Gasteiger partial charge on any atom is -0.341 e. The van der Waals surface area contributed by atoms with Gasteiger partial charge in [-0.1, -0.05) is 32.0 Å². The number of hydrogen-bond acceptors (Lipinski definition) is 2. The van der Waals surface area contributed by atoms with Crippen molar-refractivity contribution in [2.75, 3.05) is 11.4 Å². The van der Waals surface area contributed by atoms with Crippen LogP contribution in [0.5, 0.6) is 0 Å². The summed E-state index contributed by atoms with van der Waals surface area (Å²) in [5.41, 5.74) is 3.03. The van der Waals surface area contributed by atoms with Crippen LogP contribution in [-0.4, -0.2) is 12.8 Å². The first kappa shape index (κ1) is 14.3. The Kier molecular flexibility index (Phi) is 4.94. The van der Waals surface area contributed by atoms with Crippen LogP contribution in [0.25, 0.3) is 0 Å². The Balaban J connectivity index is 2.27. The van der Waals surface area contributed by atoms with E-state index >= 15 is 0 Å². The summed E-state index contributed by atoms with van der Waals surface area (Å²) in [4.78, 5) is 13.1. The van der Waals surface area contributed by atoms with Crippen molar-refractivity contribution in [2.24, 2.45) is 5.92 Å². The van der Waals surface area contributed by atoms with Gasteiger partial charge in [0, 0.05) is 23.5 Å². The predicted molar refractivity (Wildman–Crippen MR) is 84.7 cm³/mol. The number of aldehydes is 1. The number of hydrogen-bond donors (Lipinski definition) is 0. The van der Waals surface area contributed by atoms with Crippen molar-refractivity contribution in [3.05, 3.63) is 60.2 Å². The van der Waals surface area contributed by atoms with Crippen molar-refractivity contribution in [3.63, 3.8) is 0 Å². The molecule has 0 fully saturated rings. The maximum atomic E-state index is 10.8. The first-order chi connectivity index (χ1) is 9.70. The Morgan fingerprint density at radius 2 is 1.55 bits per heavy atom. The van der Waals surface area contributed by atoms with E-state index in [1.54, 1.807) is 0 Å². The number of nitrogens with zero attached hydrogens (tertiary/aromatic N) is 1. The monoisotopic (exact) mass is 267 g/mol. The van der Waals surface area contributed by atoms with Crippen LogP contribution in [-0.2, 0) is 0 Å². The average molecular weight is 267 g/mol. The SMILES string of the molecule is CC(C)CCN(c1ccccc1)c1ccc(C=O)cc1. The molecule has 0 radical (unpaired) electrons. The molecule has 0 amide bonds. The molecule has 2 heteroatoms. The third-order valence-electron chi connectivity index (χ3n) is 3.34. The molecule has 2 nitrogen and oxygen atoms in total. The van der Waals surface area contributed by atoms with Gasteiger partial charge < -0.3 is 4.90 Å². The van der Waals surface area contributed by atoms with Gasteiger partial charge in [-0.2, -0.15) is 0 Å². The number of carbonyl (C=O) groups is 1. The summed E-state index contributed by atoms with van der Waals surface area (Å²) in [6.07, 6.45) is 2.01. The number of benzene rings is 2. The van der Waals surface area contributed by atoms with Gasteiger partial charge in [-0.25, -0.2) is 0 Å². The molecule has 0 aliphatic heterocycles. The third kappa shape index (κ3) is 3.70. The van der Waals surface area contributed by atoms with E-state index in [1.165, 1.54) is 5.69 Å². The summed E-state index contributed by atoms with van der Waals surface area (Å²) >= 11 is 0. The Morgan fingerprint density at radius 3 is 2.10 bits per heavy atom. The maximum absolute atomic E-state index is 10.8. The summed E-state index contributed by atoms with van der Waals surface area (Å²) < 4.78 is 0. The smallest absolute Gasteiger partial charge is 0.150 e. The molecule has 0 aromatic heterocycles. The molecule has 0 atom stereocenters. The Bertz CT molecular complexity index is 531. The first-order valence-corrected chi connectivity index (χ1v) is 7.08. The van der Waals surface area contributed by atoms with Gasteiger partial charge in [0.1, 0.15) is 6.29 Å². The molecule has 0 N–H and O–H groups in total. The van der Waals surface area contributed by atoms with Crippen LogP contribution >= 0.6 is 0 Å². The molecular weight excluding hydrogens is 246 g/mol. The molecule has 0 aliphatic rings. The Labute approximate surface area is 121 Å². The predicted octanol–water partition coefficient (Wildman–Crippen LogP) is 4.68. The third-order valence-corrected chi connectivity index (χ3v) is 3.34. The molecule has 104 valence electrons. The molecule has 0 aliphatic carbocycles. The highest BCUT2D eigenvalue weighted by molar-refractivity contribution is 5.76. The highest BCUT2D eigenvalue weighted by Crippen LogP contribution is 2.26. The van der Waals surface area contributed by atoms with E-state index in [0.717, 1.165) is 24.9 Å². The average Bonchev–Trinajstić information content (AvgIpc) is 2.49. The molecule has 0 spiro atoms. The van der Waals surface area contributed by atoms with E-state index in [1.807, 2.05) is 30.3 Å². The van der Waals surface area contributed by atoms with Gasteiger partial charge in [-0.15, -0.1) is 0 Å². The van der Waals surface area contributed by atoms with Crippen LogP contribution in [0.15, 0.2) is 54.6 Å². The molecule has 20 heavy (non-hydrogen) atoms. The van der Waals surface area contributed by atoms with Gasteiger partial charge >= 0.3 is 0 Å². The molecule has 0 unspecified atom stereocenters. The number of anilines is 2. The highest BCUT2D eigenvalue weighted by Gasteiger charge is 2.09. The minimum atomic E-state index is 0.662. The zero-order valence-corrected chi connectivity index (χ0v) is 12.1. The van der Waals surface area contributed by atoms with Crippen molar-refractivity contribution < 1.29 is 4.79 Å². The van der Waals surface area contributed by atoms with Crippen molar-refractivity contribution in [1.82, 2.24) is 0 Å². The van der Waals surface area contributed by atoms with Gasteiger partial charge in [0.25, 0.3) is 0 Å². The second kappa shape index (κ2) is 6.90. The molecule has 2 aromatic carbocycles. The largest absolute Gasteiger partial charge is 0.341 e.